The van der Waals surface area contributed by atoms with Crippen LogP contribution in [0.4, 0.5) is 0 Å². The van der Waals surface area contributed by atoms with Gasteiger partial charge in [-0.25, -0.2) is 14.4 Å². The lowest BCUT2D eigenvalue weighted by atomic mass is 10.1. The van der Waals surface area contributed by atoms with E-state index in [-0.39, 0.29) is 15.6 Å². The molecule has 4 rings (SSSR count). The van der Waals surface area contributed by atoms with E-state index < -0.39 is 47.3 Å². The lowest BCUT2D eigenvalue weighted by Gasteiger charge is -2.28. The summed E-state index contributed by atoms with van der Waals surface area (Å²) < 4.78 is 18.4. The van der Waals surface area contributed by atoms with Gasteiger partial charge in [0.1, 0.15) is 0 Å². The number of alkyl halides is 1. The summed E-state index contributed by atoms with van der Waals surface area (Å²) in [4.78, 5) is 55.2. The molecule has 1 aliphatic rings. The number of aromatic nitrogens is 2. The Hall–Kier alpha value is -3.94. The molecule has 4 unspecified atom stereocenters. The van der Waals surface area contributed by atoms with Gasteiger partial charge in [-0.2, -0.15) is 0 Å². The van der Waals surface area contributed by atoms with Crippen LogP contribution in [-0.2, 0) is 14.2 Å². The van der Waals surface area contributed by atoms with E-state index in [1.54, 1.807) is 36.4 Å². The molecule has 36 heavy (non-hydrogen) atoms. The molecule has 1 aromatic heterocycles. The summed E-state index contributed by atoms with van der Waals surface area (Å²) in [6, 6.07) is 17.1. The van der Waals surface area contributed by atoms with Crippen molar-refractivity contribution in [3.05, 3.63) is 115 Å². The van der Waals surface area contributed by atoms with Gasteiger partial charge < -0.3 is 14.2 Å². The van der Waals surface area contributed by atoms with Crippen molar-refractivity contribution in [3.8, 4) is 0 Å². The van der Waals surface area contributed by atoms with Crippen molar-refractivity contribution in [2.75, 3.05) is 4.43 Å². The van der Waals surface area contributed by atoms with Crippen LogP contribution in [0.3, 0.4) is 0 Å². The van der Waals surface area contributed by atoms with Crippen molar-refractivity contribution in [1.29, 1.82) is 0 Å². The summed E-state index contributed by atoms with van der Waals surface area (Å²) >= 11 is 1.87. The van der Waals surface area contributed by atoms with Crippen LogP contribution in [0.5, 0.6) is 0 Å². The van der Waals surface area contributed by atoms with E-state index in [0.29, 0.717) is 0 Å². The van der Waals surface area contributed by atoms with Crippen molar-refractivity contribution < 1.29 is 23.8 Å². The highest BCUT2D eigenvalue weighted by molar-refractivity contribution is 14.1. The van der Waals surface area contributed by atoms with Gasteiger partial charge in [-0.3, -0.25) is 14.3 Å². The lowest BCUT2D eigenvalue weighted by molar-refractivity contribution is -0.0887. The maximum atomic E-state index is 13.0. The molecule has 3 aromatic rings. The maximum absolute atomic E-state index is 13.0. The van der Waals surface area contributed by atoms with E-state index in [2.05, 4.69) is 15.0 Å². The summed E-state index contributed by atoms with van der Waals surface area (Å²) in [7, 11) is 0. The molecule has 1 N–H and O–H groups in total. The van der Waals surface area contributed by atoms with Gasteiger partial charge in [0.05, 0.1) is 11.1 Å². The van der Waals surface area contributed by atoms with Crippen LogP contribution in [0.15, 0.2) is 87.6 Å². The molecule has 0 saturated carbocycles. The molecule has 1 saturated heterocycles. The van der Waals surface area contributed by atoms with E-state index in [0.717, 1.165) is 16.8 Å². The molecule has 12 nitrogen and oxygen atoms in total. The first kappa shape index (κ1) is 25.2. The third-order valence-corrected chi connectivity index (χ3v) is 6.47. The third kappa shape index (κ3) is 5.03. The molecule has 4 atom stereocenters. The van der Waals surface area contributed by atoms with Gasteiger partial charge in [0.15, 0.2) is 24.2 Å². The zero-order valence-electron chi connectivity index (χ0n) is 18.4. The van der Waals surface area contributed by atoms with Gasteiger partial charge in [0, 0.05) is 21.6 Å². The molecule has 0 bridgehead atoms. The van der Waals surface area contributed by atoms with Gasteiger partial charge >= 0.3 is 17.6 Å². The fourth-order valence-corrected chi connectivity index (χ4v) is 4.45. The van der Waals surface area contributed by atoms with Crippen molar-refractivity contribution in [2.24, 2.45) is 5.11 Å². The number of hydrogen-bond acceptors (Lipinski definition) is 8. The number of aromatic amines is 1. The lowest BCUT2D eigenvalue weighted by Crippen LogP contribution is -2.47. The van der Waals surface area contributed by atoms with E-state index >= 15 is 0 Å². The number of hydrogen-bond donors (Lipinski definition) is 1. The molecule has 2 heterocycles. The molecule has 13 heteroatoms. The second-order valence-corrected chi connectivity index (χ2v) is 8.38. The first-order chi connectivity index (χ1) is 17.4. The molecular formula is C23H18IN5O7. The molecule has 0 spiro atoms. The van der Waals surface area contributed by atoms with Crippen LogP contribution in [0.1, 0.15) is 26.9 Å². The van der Waals surface area contributed by atoms with Gasteiger partial charge in [-0.15, -0.1) is 0 Å². The Kier molecular flexibility index (Phi) is 7.52. The molecule has 1 aliphatic heterocycles. The largest absolute Gasteiger partial charge is 0.451 e. The van der Waals surface area contributed by atoms with Gasteiger partial charge in [0.25, 0.3) is 5.56 Å². The van der Waals surface area contributed by atoms with Gasteiger partial charge in [-0.05, 0) is 29.8 Å². The molecule has 2 aromatic carbocycles. The SMILES string of the molecule is [N-]=[N+]=NC1(CI)OC(n2ccc(=O)[nH]c2=O)C(OC(=O)c2ccccc2)C1OC(=O)c1ccccc1. The summed E-state index contributed by atoms with van der Waals surface area (Å²) in [5, 5.41) is 3.75. The second kappa shape index (κ2) is 10.8. The highest BCUT2D eigenvalue weighted by Crippen LogP contribution is 2.43. The highest BCUT2D eigenvalue weighted by Gasteiger charge is 2.60. The van der Waals surface area contributed by atoms with Crippen LogP contribution in [-0.4, -0.2) is 43.9 Å². The first-order valence-electron chi connectivity index (χ1n) is 10.5. The van der Waals surface area contributed by atoms with Crippen molar-refractivity contribution in [3.63, 3.8) is 0 Å². The minimum absolute atomic E-state index is 0.0322. The average molecular weight is 603 g/mol. The van der Waals surface area contributed by atoms with Crippen molar-refractivity contribution in [2.45, 2.75) is 24.2 Å². The fourth-order valence-electron chi connectivity index (χ4n) is 3.69. The number of carbonyl (C=O) groups is 2. The first-order valence-corrected chi connectivity index (χ1v) is 12.0. The second-order valence-electron chi connectivity index (χ2n) is 7.62. The Morgan fingerprint density at radius 1 is 1.03 bits per heavy atom. The quantitative estimate of drug-likeness (QED) is 0.108. The summed E-state index contributed by atoms with van der Waals surface area (Å²) in [6.45, 7) is 0. The van der Waals surface area contributed by atoms with Crippen molar-refractivity contribution >= 4 is 34.5 Å². The number of nitrogens with one attached hydrogen (secondary N) is 1. The number of halogens is 1. The monoisotopic (exact) mass is 603 g/mol. The van der Waals surface area contributed by atoms with E-state index in [4.69, 9.17) is 14.2 Å². The summed E-state index contributed by atoms with van der Waals surface area (Å²) in [5.41, 5.74) is 6.31. The minimum atomic E-state index is -1.85. The number of esters is 2. The number of H-pyrrole nitrogens is 1. The minimum Gasteiger partial charge on any atom is -0.451 e. The zero-order valence-corrected chi connectivity index (χ0v) is 20.5. The molecular weight excluding hydrogens is 585 g/mol. The number of rotatable bonds is 7. The Labute approximate surface area is 216 Å². The molecule has 1 fully saturated rings. The molecule has 0 aliphatic carbocycles. The van der Waals surface area contributed by atoms with Crippen LogP contribution in [0.2, 0.25) is 0 Å². The standard InChI is InChI=1S/C23H18IN5O7/c24-13-23(27-28-25)18(35-21(32)15-9-5-2-6-10-15)17(34-20(31)14-7-3-1-4-8-14)19(36-23)29-12-11-16(30)26-22(29)33/h1-12,17-19H,13H2,(H,26,30,33). The Morgan fingerprint density at radius 3 is 2.14 bits per heavy atom. The van der Waals surface area contributed by atoms with Crippen LogP contribution in [0.25, 0.3) is 10.4 Å². The van der Waals surface area contributed by atoms with Crippen LogP contribution >= 0.6 is 22.6 Å². The summed E-state index contributed by atoms with van der Waals surface area (Å²) in [5.74, 6) is -1.58. The summed E-state index contributed by atoms with van der Waals surface area (Å²) in [6.07, 6.45) is -3.15. The Bertz CT molecular complexity index is 1420. The number of azide groups is 1. The average Bonchev–Trinajstić information content (AvgIpc) is 3.18. The number of ether oxygens (including phenoxy) is 3. The third-order valence-electron chi connectivity index (χ3n) is 5.38. The normalized spacial score (nSPS) is 22.9. The van der Waals surface area contributed by atoms with Gasteiger partial charge in [-0.1, -0.05) is 64.1 Å². The highest BCUT2D eigenvalue weighted by atomic mass is 127. The molecule has 0 radical (unpaired) electrons. The van der Waals surface area contributed by atoms with Crippen LogP contribution < -0.4 is 11.2 Å². The number of nitrogens with zero attached hydrogens (tertiary/aromatic N) is 4. The van der Waals surface area contributed by atoms with E-state index in [9.17, 15) is 24.7 Å². The Balaban J connectivity index is 1.82. The smallest absolute Gasteiger partial charge is 0.338 e. The maximum Gasteiger partial charge on any atom is 0.338 e. The van der Waals surface area contributed by atoms with Gasteiger partial charge in [0.2, 0.25) is 0 Å². The number of benzene rings is 2. The number of carbonyl (C=O) groups excluding carboxylic acids is 2. The fraction of sp³-hybridized carbons (Fsp3) is 0.217. The van der Waals surface area contributed by atoms with Crippen molar-refractivity contribution in [1.82, 2.24) is 9.55 Å². The predicted molar refractivity (Wildman–Crippen MR) is 133 cm³/mol. The predicted octanol–water partition coefficient (Wildman–Crippen LogP) is 2.96. The Morgan fingerprint density at radius 2 is 1.61 bits per heavy atom. The van der Waals surface area contributed by atoms with E-state index in [1.807, 2.05) is 22.6 Å². The van der Waals surface area contributed by atoms with Crippen LogP contribution in [0, 0.1) is 0 Å². The molecule has 184 valence electrons. The van der Waals surface area contributed by atoms with E-state index in [1.165, 1.54) is 24.3 Å². The zero-order chi connectivity index (χ0) is 25.7. The topological polar surface area (TPSA) is 165 Å². The molecule has 0 amide bonds.